The third kappa shape index (κ3) is 4.66. The van der Waals surface area contributed by atoms with Gasteiger partial charge >= 0.3 is 0 Å². The van der Waals surface area contributed by atoms with E-state index in [9.17, 15) is 0 Å². The smallest absolute Gasteiger partial charge is 0.229 e. The third-order valence-corrected chi connectivity index (χ3v) is 3.87. The van der Waals surface area contributed by atoms with E-state index in [4.69, 9.17) is 39.5 Å². The minimum Gasteiger partial charge on any atom is -0.495 e. The summed E-state index contributed by atoms with van der Waals surface area (Å²) in [6.07, 6.45) is 1.63. The fraction of sp³-hybridized carbons (Fsp3) is 0.0588. The van der Waals surface area contributed by atoms with E-state index in [-0.39, 0.29) is 0 Å². The van der Waals surface area contributed by atoms with Gasteiger partial charge in [-0.1, -0.05) is 34.8 Å². The number of halogens is 3. The fourth-order valence-corrected chi connectivity index (χ4v) is 2.86. The van der Waals surface area contributed by atoms with Crippen LogP contribution in [0.25, 0.3) is 0 Å². The lowest BCUT2D eigenvalue weighted by molar-refractivity contribution is 0.417. The largest absolute Gasteiger partial charge is 0.495 e. The van der Waals surface area contributed by atoms with Crippen LogP contribution in [0.2, 0.25) is 15.1 Å². The average Bonchev–Trinajstić information content (AvgIpc) is 2.54. The van der Waals surface area contributed by atoms with E-state index >= 15 is 0 Å². The molecule has 0 unspecified atom stereocenters. The summed E-state index contributed by atoms with van der Waals surface area (Å²) in [5, 5.41) is 7.85. The van der Waals surface area contributed by atoms with Gasteiger partial charge in [0.25, 0.3) is 0 Å². The van der Waals surface area contributed by atoms with Crippen LogP contribution in [0.15, 0.2) is 48.7 Å². The number of nitrogens with one attached hydrogen (secondary N) is 2. The number of rotatable bonds is 5. The Morgan fingerprint density at radius 2 is 1.64 bits per heavy atom. The van der Waals surface area contributed by atoms with Crippen molar-refractivity contribution in [3.63, 3.8) is 0 Å². The topological polar surface area (TPSA) is 59.1 Å². The molecule has 1 aromatic heterocycles. The number of hydrogen-bond acceptors (Lipinski definition) is 5. The van der Waals surface area contributed by atoms with Crippen molar-refractivity contribution >= 4 is 57.9 Å². The number of ether oxygens (including phenoxy) is 1. The summed E-state index contributed by atoms with van der Waals surface area (Å²) in [4.78, 5) is 8.60. The quantitative estimate of drug-likeness (QED) is 0.560. The van der Waals surface area contributed by atoms with Gasteiger partial charge in [0, 0.05) is 27.0 Å². The van der Waals surface area contributed by atoms with E-state index in [1.807, 2.05) is 0 Å². The first-order valence-corrected chi connectivity index (χ1v) is 8.33. The van der Waals surface area contributed by atoms with Gasteiger partial charge in [0.2, 0.25) is 5.95 Å². The highest BCUT2D eigenvalue weighted by Gasteiger charge is 2.07. The number of aromatic nitrogens is 2. The predicted octanol–water partition coefficient (Wildman–Crippen LogP) is 5.93. The van der Waals surface area contributed by atoms with Crippen LogP contribution in [0.3, 0.4) is 0 Å². The first kappa shape index (κ1) is 17.6. The van der Waals surface area contributed by atoms with Crippen LogP contribution in [-0.2, 0) is 0 Å². The lowest BCUT2D eigenvalue weighted by Crippen LogP contribution is -2.01. The van der Waals surface area contributed by atoms with Crippen molar-refractivity contribution in [2.24, 2.45) is 0 Å². The van der Waals surface area contributed by atoms with Gasteiger partial charge in [0.05, 0.1) is 12.8 Å². The van der Waals surface area contributed by atoms with Crippen molar-refractivity contribution in [3.05, 3.63) is 63.7 Å². The summed E-state index contributed by atoms with van der Waals surface area (Å²) in [6, 6.07) is 12.1. The molecule has 0 amide bonds. The molecule has 128 valence electrons. The lowest BCUT2D eigenvalue weighted by atomic mass is 10.3. The van der Waals surface area contributed by atoms with Gasteiger partial charge in [-0.25, -0.2) is 4.98 Å². The zero-order chi connectivity index (χ0) is 17.8. The van der Waals surface area contributed by atoms with Crippen LogP contribution in [0.4, 0.5) is 23.1 Å². The molecular weight excluding hydrogens is 383 g/mol. The third-order valence-electron chi connectivity index (χ3n) is 3.20. The molecule has 2 aromatic carbocycles. The number of benzene rings is 2. The molecule has 0 saturated heterocycles. The fourth-order valence-electron chi connectivity index (χ4n) is 2.16. The van der Waals surface area contributed by atoms with Crippen LogP contribution in [0.5, 0.6) is 5.75 Å². The lowest BCUT2D eigenvalue weighted by Gasteiger charge is -2.12. The Balaban J connectivity index is 1.83. The standard InChI is InChI=1S/C17H13Cl3N4O/c1-25-15-3-2-10(18)9-14(15)23-16-4-5-21-17(24-16)22-13-7-11(19)6-12(20)8-13/h2-9H,1H3,(H2,21,22,23,24). The van der Waals surface area contributed by atoms with E-state index in [0.717, 1.165) is 0 Å². The van der Waals surface area contributed by atoms with Gasteiger partial charge in [0.15, 0.2) is 0 Å². The summed E-state index contributed by atoms with van der Waals surface area (Å²) in [5.74, 6) is 1.62. The summed E-state index contributed by atoms with van der Waals surface area (Å²) in [7, 11) is 1.59. The molecule has 2 N–H and O–H groups in total. The highest BCUT2D eigenvalue weighted by molar-refractivity contribution is 6.35. The highest BCUT2D eigenvalue weighted by Crippen LogP contribution is 2.30. The summed E-state index contributed by atoms with van der Waals surface area (Å²) in [5.41, 5.74) is 1.39. The first-order valence-electron chi connectivity index (χ1n) is 7.20. The van der Waals surface area contributed by atoms with Crippen molar-refractivity contribution in [2.45, 2.75) is 0 Å². The second-order valence-corrected chi connectivity index (χ2v) is 6.33. The van der Waals surface area contributed by atoms with E-state index in [2.05, 4.69) is 20.6 Å². The second kappa shape index (κ2) is 7.78. The Morgan fingerprint density at radius 3 is 2.36 bits per heavy atom. The Labute approximate surface area is 159 Å². The van der Waals surface area contributed by atoms with Crippen molar-refractivity contribution in [1.29, 1.82) is 0 Å². The van der Waals surface area contributed by atoms with Crippen molar-refractivity contribution in [3.8, 4) is 5.75 Å². The maximum atomic E-state index is 6.04. The molecule has 0 aliphatic carbocycles. The van der Waals surface area contributed by atoms with Gasteiger partial charge in [0.1, 0.15) is 11.6 Å². The predicted molar refractivity (Wildman–Crippen MR) is 103 cm³/mol. The zero-order valence-corrected chi connectivity index (χ0v) is 15.3. The van der Waals surface area contributed by atoms with Crippen LogP contribution in [-0.4, -0.2) is 17.1 Å². The maximum Gasteiger partial charge on any atom is 0.229 e. The van der Waals surface area contributed by atoms with Crippen LogP contribution >= 0.6 is 34.8 Å². The number of hydrogen-bond donors (Lipinski definition) is 2. The van der Waals surface area contributed by atoms with E-state index in [1.165, 1.54) is 0 Å². The Hall–Kier alpha value is -2.21. The Morgan fingerprint density at radius 1 is 0.880 bits per heavy atom. The molecule has 25 heavy (non-hydrogen) atoms. The minimum absolute atomic E-state index is 0.393. The number of methoxy groups -OCH3 is 1. The molecule has 8 heteroatoms. The monoisotopic (exact) mass is 394 g/mol. The molecule has 0 atom stereocenters. The van der Waals surface area contributed by atoms with E-state index < -0.39 is 0 Å². The molecule has 3 aromatic rings. The molecule has 1 heterocycles. The van der Waals surface area contributed by atoms with Crippen molar-refractivity contribution < 1.29 is 4.74 Å². The Bertz CT molecular complexity index is 885. The van der Waals surface area contributed by atoms with Gasteiger partial charge in [-0.15, -0.1) is 0 Å². The normalized spacial score (nSPS) is 10.4. The zero-order valence-electron chi connectivity index (χ0n) is 13.1. The van der Waals surface area contributed by atoms with E-state index in [0.29, 0.717) is 44.0 Å². The average molecular weight is 396 g/mol. The molecular formula is C17H13Cl3N4O. The molecule has 5 nitrogen and oxygen atoms in total. The van der Waals surface area contributed by atoms with Gasteiger partial charge < -0.3 is 15.4 Å². The van der Waals surface area contributed by atoms with Gasteiger partial charge in [-0.3, -0.25) is 0 Å². The van der Waals surface area contributed by atoms with Crippen LogP contribution in [0, 0.1) is 0 Å². The number of anilines is 4. The van der Waals surface area contributed by atoms with E-state index in [1.54, 1.807) is 55.8 Å². The molecule has 0 bridgehead atoms. The molecule has 0 spiro atoms. The van der Waals surface area contributed by atoms with Gasteiger partial charge in [-0.2, -0.15) is 4.98 Å². The Kier molecular flexibility index (Phi) is 5.48. The van der Waals surface area contributed by atoms with Crippen molar-refractivity contribution in [2.75, 3.05) is 17.7 Å². The van der Waals surface area contributed by atoms with Crippen molar-refractivity contribution in [1.82, 2.24) is 9.97 Å². The van der Waals surface area contributed by atoms with Crippen LogP contribution < -0.4 is 15.4 Å². The van der Waals surface area contributed by atoms with Crippen LogP contribution in [0.1, 0.15) is 0 Å². The molecule has 0 radical (unpaired) electrons. The molecule has 0 aliphatic rings. The molecule has 0 saturated carbocycles. The first-order chi connectivity index (χ1) is 12.0. The number of nitrogens with zero attached hydrogens (tertiary/aromatic N) is 2. The molecule has 0 aliphatic heterocycles. The SMILES string of the molecule is COc1ccc(Cl)cc1Nc1ccnc(Nc2cc(Cl)cc(Cl)c2)n1. The maximum absolute atomic E-state index is 6.04. The molecule has 0 fully saturated rings. The minimum atomic E-state index is 0.393. The molecule has 3 rings (SSSR count). The summed E-state index contributed by atoms with van der Waals surface area (Å²) < 4.78 is 5.32. The summed E-state index contributed by atoms with van der Waals surface area (Å²) in [6.45, 7) is 0. The van der Waals surface area contributed by atoms with Gasteiger partial charge in [-0.05, 0) is 42.5 Å². The second-order valence-electron chi connectivity index (χ2n) is 5.02. The summed E-state index contributed by atoms with van der Waals surface area (Å²) >= 11 is 18.0. The highest BCUT2D eigenvalue weighted by atomic mass is 35.5.